The van der Waals surface area contributed by atoms with Gasteiger partial charge in [-0.3, -0.25) is 0 Å². The molecule has 0 saturated carbocycles. The third kappa shape index (κ3) is 4.29. The van der Waals surface area contributed by atoms with E-state index in [1.165, 1.54) is 55.6 Å². The van der Waals surface area contributed by atoms with Crippen LogP contribution in [0.15, 0.2) is 72.8 Å². The van der Waals surface area contributed by atoms with E-state index in [1.54, 1.807) is 11.1 Å². The number of hydrogen-bond acceptors (Lipinski definition) is 0. The second kappa shape index (κ2) is 10.3. The summed E-state index contributed by atoms with van der Waals surface area (Å²) in [5.41, 5.74) is 17.8. The number of rotatable bonds is 3. The molecule has 0 unspecified atom stereocenters. The Labute approximate surface area is 228 Å². The maximum atomic E-state index is 2.38. The first-order chi connectivity index (χ1) is 14.7. The fourth-order valence-corrected chi connectivity index (χ4v) is 5.73. The summed E-state index contributed by atoms with van der Waals surface area (Å²) in [6.45, 7) is 4.52. The molecule has 0 amide bonds. The molecule has 164 valence electrons. The number of benzene rings is 4. The van der Waals surface area contributed by atoms with E-state index in [2.05, 4.69) is 86.6 Å². The van der Waals surface area contributed by atoms with Crippen molar-refractivity contribution in [2.75, 3.05) is 0 Å². The molecular weight excluding hydrogens is 522 g/mol. The summed E-state index contributed by atoms with van der Waals surface area (Å²) in [6, 6.07) is 27.3. The van der Waals surface area contributed by atoms with Crippen LogP contribution in [0.25, 0.3) is 22.3 Å². The van der Waals surface area contributed by atoms with Crippen LogP contribution in [-0.4, -0.2) is 0 Å². The zero-order valence-electron chi connectivity index (χ0n) is 19.0. The van der Waals surface area contributed by atoms with Gasteiger partial charge in [0.1, 0.15) is 0 Å². The van der Waals surface area contributed by atoms with Gasteiger partial charge in [-0.1, -0.05) is 72.8 Å². The number of halogens is 2. The molecule has 0 atom stereocenters. The smallest absolute Gasteiger partial charge is 1.00 e. The van der Waals surface area contributed by atoms with Gasteiger partial charge in [0.15, 0.2) is 0 Å². The molecule has 0 saturated heterocycles. The Morgan fingerprint density at radius 2 is 0.939 bits per heavy atom. The van der Waals surface area contributed by atoms with Crippen LogP contribution in [0.1, 0.15) is 44.5 Å². The molecule has 0 N–H and O–H groups in total. The van der Waals surface area contributed by atoms with Crippen LogP contribution in [0.4, 0.5) is 0 Å². The molecule has 0 radical (unpaired) electrons. The number of aryl methyl sites for hydroxylation is 4. The van der Waals surface area contributed by atoms with E-state index in [4.69, 9.17) is 0 Å². The Hall–Kier alpha value is -1.66. The van der Waals surface area contributed by atoms with Crippen molar-refractivity contribution in [3.05, 3.63) is 117 Å². The Morgan fingerprint density at radius 1 is 0.545 bits per heavy atom. The van der Waals surface area contributed by atoms with E-state index in [0.717, 1.165) is 25.7 Å². The van der Waals surface area contributed by atoms with Crippen molar-refractivity contribution >= 4 is 0 Å². The molecule has 0 fully saturated rings. The molecule has 0 aliphatic heterocycles. The molecule has 0 bridgehead atoms. The topological polar surface area (TPSA) is 0 Å². The molecule has 3 heteroatoms. The first kappa shape index (κ1) is 26.0. The average Bonchev–Trinajstić information content (AvgIpc) is 3.34. The summed E-state index contributed by atoms with van der Waals surface area (Å²) in [6.07, 6.45) is 4.39. The van der Waals surface area contributed by atoms with Crippen LogP contribution in [0.3, 0.4) is 0 Å². The van der Waals surface area contributed by atoms with Gasteiger partial charge in [-0.25, -0.2) is 0 Å². The average molecular weight is 549 g/mol. The quantitative estimate of drug-likeness (QED) is 0.312. The SMILES string of the molecule is Cc1ccc(CCc2ccc(C)c3c2Cc2ccccc2-3)c2c1-c1ccccc1C2.[Cl-].[Cl-].[Zr+2]. The van der Waals surface area contributed by atoms with E-state index in [1.807, 2.05) is 0 Å². The second-order valence-corrected chi connectivity index (χ2v) is 8.96. The molecule has 0 aromatic heterocycles. The summed E-state index contributed by atoms with van der Waals surface area (Å²) in [7, 11) is 0. The number of hydrogen-bond donors (Lipinski definition) is 0. The minimum absolute atomic E-state index is 0. The number of fused-ring (bicyclic) bond motifs is 6. The third-order valence-corrected chi connectivity index (χ3v) is 7.21. The zero-order valence-corrected chi connectivity index (χ0v) is 23.0. The summed E-state index contributed by atoms with van der Waals surface area (Å²) in [4.78, 5) is 0. The van der Waals surface area contributed by atoms with Crippen LogP contribution in [0.2, 0.25) is 0 Å². The van der Waals surface area contributed by atoms with Gasteiger partial charge in [-0.2, -0.15) is 0 Å². The molecule has 2 aliphatic carbocycles. The fourth-order valence-electron chi connectivity index (χ4n) is 5.73. The maximum Gasteiger partial charge on any atom is 2.00 e. The predicted octanol–water partition coefficient (Wildman–Crippen LogP) is 1.24. The molecule has 4 aromatic carbocycles. The van der Waals surface area contributed by atoms with Crippen molar-refractivity contribution in [3.63, 3.8) is 0 Å². The Bertz CT molecular complexity index is 1220. The van der Waals surface area contributed by atoms with Gasteiger partial charge < -0.3 is 24.8 Å². The van der Waals surface area contributed by atoms with Crippen LogP contribution in [0.5, 0.6) is 0 Å². The van der Waals surface area contributed by atoms with Gasteiger partial charge in [-0.15, -0.1) is 0 Å². The summed E-state index contributed by atoms with van der Waals surface area (Å²) in [5.74, 6) is 0. The predicted molar refractivity (Wildman–Crippen MR) is 126 cm³/mol. The van der Waals surface area contributed by atoms with Gasteiger partial charge in [0.2, 0.25) is 0 Å². The Balaban J connectivity index is 0.00000102. The molecule has 4 aromatic rings. The van der Waals surface area contributed by atoms with Gasteiger partial charge in [0.25, 0.3) is 0 Å². The fraction of sp³-hybridized carbons (Fsp3) is 0.200. The first-order valence-corrected chi connectivity index (χ1v) is 11.1. The third-order valence-electron chi connectivity index (χ3n) is 7.21. The van der Waals surface area contributed by atoms with Gasteiger partial charge in [-0.05, 0) is 106 Å². The molecule has 2 aliphatic rings. The van der Waals surface area contributed by atoms with Crippen molar-refractivity contribution in [1.29, 1.82) is 0 Å². The standard InChI is InChI=1S/C30H26.2ClH.Zr/c1-19-11-13-21(27-17-23-7-3-5-9-25(23)29(19)27)15-16-22-14-12-20(2)30-26-10-6-4-8-24(26)18-28(22)30;;;/h3-14H,15-18H2,1-2H3;2*1H;/q;;;+2/p-2. The van der Waals surface area contributed by atoms with E-state index in [-0.39, 0.29) is 51.0 Å². The summed E-state index contributed by atoms with van der Waals surface area (Å²) in [5, 5.41) is 0. The first-order valence-electron chi connectivity index (χ1n) is 11.1. The van der Waals surface area contributed by atoms with Crippen molar-refractivity contribution in [3.8, 4) is 22.3 Å². The van der Waals surface area contributed by atoms with E-state index < -0.39 is 0 Å². The monoisotopic (exact) mass is 546 g/mol. The molecule has 0 spiro atoms. The molecule has 0 nitrogen and oxygen atoms in total. The summed E-state index contributed by atoms with van der Waals surface area (Å²) >= 11 is 0. The molecule has 6 rings (SSSR count). The van der Waals surface area contributed by atoms with Crippen LogP contribution < -0.4 is 24.8 Å². The normalized spacial score (nSPS) is 11.8. The van der Waals surface area contributed by atoms with Crippen molar-refractivity contribution in [2.45, 2.75) is 39.5 Å². The van der Waals surface area contributed by atoms with Gasteiger partial charge >= 0.3 is 26.2 Å². The van der Waals surface area contributed by atoms with E-state index in [9.17, 15) is 0 Å². The van der Waals surface area contributed by atoms with Crippen LogP contribution in [0, 0.1) is 13.8 Å². The van der Waals surface area contributed by atoms with E-state index >= 15 is 0 Å². The Morgan fingerprint density at radius 3 is 1.36 bits per heavy atom. The summed E-state index contributed by atoms with van der Waals surface area (Å²) < 4.78 is 0. The minimum atomic E-state index is 0. The van der Waals surface area contributed by atoms with Gasteiger partial charge in [0, 0.05) is 0 Å². The zero-order chi connectivity index (χ0) is 20.2. The van der Waals surface area contributed by atoms with Crippen molar-refractivity contribution < 1.29 is 51.0 Å². The van der Waals surface area contributed by atoms with E-state index in [0.29, 0.717) is 0 Å². The van der Waals surface area contributed by atoms with Gasteiger partial charge in [0.05, 0.1) is 0 Å². The molecule has 0 heterocycles. The van der Waals surface area contributed by atoms with Crippen LogP contribution in [-0.2, 0) is 51.9 Å². The van der Waals surface area contributed by atoms with Crippen molar-refractivity contribution in [1.82, 2.24) is 0 Å². The largest absolute Gasteiger partial charge is 2.00 e. The van der Waals surface area contributed by atoms with Crippen LogP contribution >= 0.6 is 0 Å². The van der Waals surface area contributed by atoms with Crippen molar-refractivity contribution in [2.24, 2.45) is 0 Å². The second-order valence-electron chi connectivity index (χ2n) is 8.96. The Kier molecular flexibility index (Phi) is 8.11. The molecular formula is C30H26Cl2Zr. The maximum absolute atomic E-state index is 2.38. The minimum Gasteiger partial charge on any atom is -1.00 e. The molecule has 33 heavy (non-hydrogen) atoms.